The molecule has 0 saturated heterocycles. The van der Waals surface area contributed by atoms with Crippen molar-refractivity contribution in [1.82, 2.24) is 4.57 Å². The van der Waals surface area contributed by atoms with Gasteiger partial charge in [-0.25, -0.2) is 4.79 Å². The van der Waals surface area contributed by atoms with Crippen LogP contribution in [0.4, 0.5) is 0 Å². The van der Waals surface area contributed by atoms with Gasteiger partial charge in [-0.3, -0.25) is 4.79 Å². The average Bonchev–Trinajstić information content (AvgIpc) is 2.38. The summed E-state index contributed by atoms with van der Waals surface area (Å²) in [5, 5.41) is 9.52. The predicted octanol–water partition coefficient (Wildman–Crippen LogP) is 2.89. The summed E-state index contributed by atoms with van der Waals surface area (Å²) in [5.74, 6) is -1.22. The average molecular weight is 278 g/mol. The Bertz CT molecular complexity index is 691. The summed E-state index contributed by atoms with van der Waals surface area (Å²) in [5.41, 5.74) is 0.697. The third-order valence-electron chi connectivity index (χ3n) is 2.82. The summed E-state index contributed by atoms with van der Waals surface area (Å²) in [6.07, 6.45) is 1.36. The first-order valence-electron chi connectivity index (χ1n) is 5.76. The number of hydrogen-bond acceptors (Lipinski definition) is 2. The van der Waals surface area contributed by atoms with Crippen molar-refractivity contribution < 1.29 is 9.90 Å². The number of benzene rings is 1. The van der Waals surface area contributed by atoms with Crippen LogP contribution >= 0.6 is 11.6 Å². The lowest BCUT2D eigenvalue weighted by molar-refractivity contribution is 0.0694. The molecule has 0 bridgehead atoms. The van der Waals surface area contributed by atoms with Crippen LogP contribution in [0.1, 0.15) is 17.3 Å². The minimum atomic E-state index is -1.22. The summed E-state index contributed by atoms with van der Waals surface area (Å²) < 4.78 is 1.72. The number of halogens is 1. The monoisotopic (exact) mass is 277 g/mol. The van der Waals surface area contributed by atoms with E-state index in [4.69, 9.17) is 16.7 Å². The lowest BCUT2D eigenvalue weighted by Crippen LogP contribution is -2.18. The number of aromatic carboxylic acids is 1. The number of aromatic nitrogens is 1. The minimum Gasteiger partial charge on any atom is -0.477 e. The minimum absolute atomic E-state index is 0.229. The van der Waals surface area contributed by atoms with Gasteiger partial charge in [-0.05, 0) is 24.6 Å². The van der Waals surface area contributed by atoms with Gasteiger partial charge in [0.1, 0.15) is 5.56 Å². The van der Waals surface area contributed by atoms with Crippen molar-refractivity contribution in [2.75, 3.05) is 0 Å². The quantitative estimate of drug-likeness (QED) is 0.938. The summed E-state index contributed by atoms with van der Waals surface area (Å²) in [7, 11) is 0. The Balaban J connectivity index is 2.67. The molecule has 98 valence electrons. The van der Waals surface area contributed by atoms with Crippen LogP contribution in [-0.2, 0) is 6.54 Å². The lowest BCUT2D eigenvalue weighted by atomic mass is 10.1. The molecular formula is C14H12ClNO3. The van der Waals surface area contributed by atoms with Gasteiger partial charge in [0.2, 0.25) is 0 Å². The molecule has 0 aliphatic rings. The fourth-order valence-electron chi connectivity index (χ4n) is 1.89. The number of nitrogens with zero attached hydrogens (tertiary/aromatic N) is 1. The highest BCUT2D eigenvalue weighted by atomic mass is 35.5. The van der Waals surface area contributed by atoms with E-state index in [0.29, 0.717) is 17.3 Å². The molecule has 0 unspecified atom stereocenters. The van der Waals surface area contributed by atoms with Crippen LogP contribution in [0.2, 0.25) is 5.02 Å². The molecule has 5 heteroatoms. The maximum atomic E-state index is 11.8. The van der Waals surface area contributed by atoms with Crippen molar-refractivity contribution >= 4 is 17.6 Å². The molecule has 1 heterocycles. The summed E-state index contributed by atoms with van der Waals surface area (Å²) in [6.45, 7) is 2.44. The van der Waals surface area contributed by atoms with Crippen molar-refractivity contribution in [3.05, 3.63) is 57.3 Å². The maximum absolute atomic E-state index is 11.8. The van der Waals surface area contributed by atoms with E-state index in [-0.39, 0.29) is 5.56 Å². The molecule has 4 nitrogen and oxygen atoms in total. The molecule has 1 aromatic heterocycles. The predicted molar refractivity (Wildman–Crippen MR) is 73.8 cm³/mol. The molecule has 19 heavy (non-hydrogen) atoms. The Hall–Kier alpha value is -2.07. The molecule has 0 fully saturated rings. The standard InChI is InChI=1S/C14H12ClNO3/c1-2-16-8-11(14(18)19)13(17)7-12(16)9-4-3-5-10(15)6-9/h3-8H,2H2,1H3,(H,18,19). The van der Waals surface area contributed by atoms with Gasteiger partial charge in [0.15, 0.2) is 5.43 Å². The van der Waals surface area contributed by atoms with E-state index < -0.39 is 11.4 Å². The molecule has 0 aliphatic heterocycles. The van der Waals surface area contributed by atoms with Gasteiger partial charge in [0.25, 0.3) is 0 Å². The number of carbonyl (C=O) groups is 1. The highest BCUT2D eigenvalue weighted by Gasteiger charge is 2.12. The zero-order chi connectivity index (χ0) is 14.0. The van der Waals surface area contributed by atoms with Crippen molar-refractivity contribution in [2.24, 2.45) is 0 Å². The SMILES string of the molecule is CCn1cc(C(=O)O)c(=O)cc1-c1cccc(Cl)c1. The fraction of sp³-hybridized carbons (Fsp3) is 0.143. The zero-order valence-corrected chi connectivity index (χ0v) is 11.0. The molecule has 2 aromatic rings. The maximum Gasteiger partial charge on any atom is 0.341 e. The number of carboxylic acid groups (broad SMARTS) is 1. The Kier molecular flexibility index (Phi) is 3.71. The third kappa shape index (κ3) is 2.69. The molecule has 0 spiro atoms. The Morgan fingerprint density at radius 3 is 2.68 bits per heavy atom. The largest absolute Gasteiger partial charge is 0.477 e. The highest BCUT2D eigenvalue weighted by molar-refractivity contribution is 6.30. The molecule has 0 amide bonds. The van der Waals surface area contributed by atoms with Crippen LogP contribution < -0.4 is 5.43 Å². The zero-order valence-electron chi connectivity index (χ0n) is 10.3. The van der Waals surface area contributed by atoms with Gasteiger partial charge in [-0.2, -0.15) is 0 Å². The second-order valence-electron chi connectivity index (χ2n) is 4.04. The van der Waals surface area contributed by atoms with Crippen molar-refractivity contribution in [3.63, 3.8) is 0 Å². The lowest BCUT2D eigenvalue weighted by Gasteiger charge is -2.12. The van der Waals surface area contributed by atoms with Gasteiger partial charge in [-0.15, -0.1) is 0 Å². The molecule has 1 N–H and O–H groups in total. The van der Waals surface area contributed by atoms with Crippen molar-refractivity contribution in [3.8, 4) is 11.3 Å². The fourth-order valence-corrected chi connectivity index (χ4v) is 2.08. The first-order valence-corrected chi connectivity index (χ1v) is 6.14. The van der Waals surface area contributed by atoms with E-state index in [0.717, 1.165) is 5.56 Å². The number of rotatable bonds is 3. The van der Waals surface area contributed by atoms with E-state index in [2.05, 4.69) is 0 Å². The first kappa shape index (κ1) is 13.4. The number of aryl methyl sites for hydroxylation is 1. The van der Waals surface area contributed by atoms with Gasteiger partial charge in [0.05, 0.1) is 5.69 Å². The summed E-state index contributed by atoms with van der Waals surface area (Å²) >= 11 is 5.93. The second kappa shape index (κ2) is 5.28. The molecule has 0 aliphatic carbocycles. The smallest absolute Gasteiger partial charge is 0.341 e. The normalized spacial score (nSPS) is 10.4. The van der Waals surface area contributed by atoms with Gasteiger partial charge in [-0.1, -0.05) is 23.7 Å². The Labute approximate surface area is 114 Å². The highest BCUT2D eigenvalue weighted by Crippen LogP contribution is 2.22. The second-order valence-corrected chi connectivity index (χ2v) is 4.47. The molecule has 0 radical (unpaired) electrons. The Morgan fingerprint density at radius 1 is 1.37 bits per heavy atom. The van der Waals surface area contributed by atoms with Crippen LogP contribution in [0, 0.1) is 0 Å². The van der Waals surface area contributed by atoms with Crippen LogP contribution in [0.15, 0.2) is 41.3 Å². The van der Waals surface area contributed by atoms with Crippen molar-refractivity contribution in [1.29, 1.82) is 0 Å². The van der Waals surface area contributed by atoms with E-state index in [9.17, 15) is 9.59 Å². The van der Waals surface area contributed by atoms with E-state index in [1.165, 1.54) is 12.3 Å². The first-order chi connectivity index (χ1) is 9.02. The summed E-state index contributed by atoms with van der Waals surface area (Å²) in [4.78, 5) is 22.7. The van der Waals surface area contributed by atoms with Crippen LogP contribution in [0.5, 0.6) is 0 Å². The van der Waals surface area contributed by atoms with Crippen LogP contribution in [0.3, 0.4) is 0 Å². The number of carboxylic acids is 1. The van der Waals surface area contributed by atoms with E-state index in [1.807, 2.05) is 13.0 Å². The number of pyridine rings is 1. The third-order valence-corrected chi connectivity index (χ3v) is 3.05. The molecule has 1 aromatic carbocycles. The van der Waals surface area contributed by atoms with E-state index in [1.54, 1.807) is 22.8 Å². The van der Waals surface area contributed by atoms with Crippen LogP contribution in [0.25, 0.3) is 11.3 Å². The van der Waals surface area contributed by atoms with Gasteiger partial charge in [0, 0.05) is 23.8 Å². The van der Waals surface area contributed by atoms with Gasteiger partial charge >= 0.3 is 5.97 Å². The molecule has 0 saturated carbocycles. The molecule has 0 atom stereocenters. The topological polar surface area (TPSA) is 59.3 Å². The molecule has 2 rings (SSSR count). The van der Waals surface area contributed by atoms with Crippen molar-refractivity contribution in [2.45, 2.75) is 13.5 Å². The summed E-state index contributed by atoms with van der Waals surface area (Å²) in [6, 6.07) is 8.42. The molecular weight excluding hydrogens is 266 g/mol. The van der Waals surface area contributed by atoms with Gasteiger partial charge < -0.3 is 9.67 Å². The Morgan fingerprint density at radius 2 is 2.11 bits per heavy atom. The number of hydrogen-bond donors (Lipinski definition) is 1. The van der Waals surface area contributed by atoms with Crippen LogP contribution in [-0.4, -0.2) is 15.6 Å². The van der Waals surface area contributed by atoms with E-state index >= 15 is 0 Å².